The van der Waals surface area contributed by atoms with Crippen molar-refractivity contribution in [3.05, 3.63) is 47.7 Å². The van der Waals surface area contributed by atoms with E-state index in [-0.39, 0.29) is 17.1 Å². The Labute approximate surface area is 107 Å². The maximum absolute atomic E-state index is 12.9. The molecule has 2 N–H and O–H groups in total. The molecule has 2 rings (SSSR count). The maximum Gasteiger partial charge on any atom is 0.356 e. The van der Waals surface area contributed by atoms with Gasteiger partial charge < -0.3 is 10.4 Å². The van der Waals surface area contributed by atoms with Crippen LogP contribution in [0.2, 0.25) is 0 Å². The molecule has 0 saturated heterocycles. The molecule has 19 heavy (non-hydrogen) atoms. The summed E-state index contributed by atoms with van der Waals surface area (Å²) >= 11 is 0. The number of halogens is 1. The molecule has 0 atom stereocenters. The number of hydrogen-bond acceptors (Lipinski definition) is 5. The number of nitrogens with zero attached hydrogens (tertiary/aromatic N) is 3. The predicted octanol–water partition coefficient (Wildman–Crippen LogP) is 1.93. The molecule has 0 unspecified atom stereocenters. The van der Waals surface area contributed by atoms with E-state index in [1.165, 1.54) is 18.3 Å². The van der Waals surface area contributed by atoms with E-state index >= 15 is 0 Å². The Morgan fingerprint density at radius 1 is 1.37 bits per heavy atom. The van der Waals surface area contributed by atoms with Crippen molar-refractivity contribution in [2.24, 2.45) is 0 Å². The van der Waals surface area contributed by atoms with Crippen LogP contribution in [0.25, 0.3) is 0 Å². The summed E-state index contributed by atoms with van der Waals surface area (Å²) in [7, 11) is 0. The average Bonchev–Trinajstić information content (AvgIpc) is 2.41. The van der Waals surface area contributed by atoms with Gasteiger partial charge in [0.2, 0.25) is 0 Å². The fraction of sp³-hybridized carbons (Fsp3) is 0. The molecule has 1 heterocycles. The zero-order chi connectivity index (χ0) is 13.8. The highest BCUT2D eigenvalue weighted by atomic mass is 19.1. The molecule has 0 aliphatic rings. The van der Waals surface area contributed by atoms with Gasteiger partial charge in [0.05, 0.1) is 23.6 Å². The van der Waals surface area contributed by atoms with Crippen LogP contribution in [0.1, 0.15) is 16.1 Å². The Morgan fingerprint density at radius 3 is 2.74 bits per heavy atom. The first kappa shape index (κ1) is 12.4. The highest BCUT2D eigenvalue weighted by Crippen LogP contribution is 2.19. The summed E-state index contributed by atoms with van der Waals surface area (Å²) in [6.07, 6.45) is 2.30. The van der Waals surface area contributed by atoms with Crippen LogP contribution in [0.4, 0.5) is 15.9 Å². The van der Waals surface area contributed by atoms with E-state index in [0.717, 1.165) is 12.3 Å². The third kappa shape index (κ3) is 2.81. The highest BCUT2D eigenvalue weighted by Gasteiger charge is 2.07. The lowest BCUT2D eigenvalue weighted by atomic mass is 10.2. The van der Waals surface area contributed by atoms with Crippen LogP contribution in [-0.2, 0) is 0 Å². The summed E-state index contributed by atoms with van der Waals surface area (Å²) in [5.41, 5.74) is 0.288. The SMILES string of the molecule is N#Cc1cc(F)ccc1Nc1cnc(C(=O)O)cn1. The molecule has 0 amide bonds. The van der Waals surface area contributed by atoms with Crippen LogP contribution >= 0.6 is 0 Å². The lowest BCUT2D eigenvalue weighted by molar-refractivity contribution is 0.0690. The Balaban J connectivity index is 2.26. The topological polar surface area (TPSA) is 98.9 Å². The van der Waals surface area contributed by atoms with Crippen LogP contribution in [0, 0.1) is 17.1 Å². The Hall–Kier alpha value is -3.01. The molecular formula is C12H7FN4O2. The molecule has 1 aromatic carbocycles. The minimum atomic E-state index is -1.18. The summed E-state index contributed by atoms with van der Waals surface area (Å²) in [6.45, 7) is 0. The molecule has 0 aliphatic carbocycles. The minimum absolute atomic E-state index is 0.115. The number of carbonyl (C=O) groups is 1. The number of carboxylic acid groups (broad SMARTS) is 1. The van der Waals surface area contributed by atoms with E-state index in [2.05, 4.69) is 15.3 Å². The van der Waals surface area contributed by atoms with E-state index in [9.17, 15) is 9.18 Å². The van der Waals surface area contributed by atoms with Gasteiger partial charge in [-0.15, -0.1) is 0 Å². The molecule has 7 heteroatoms. The van der Waals surface area contributed by atoms with Crippen molar-refractivity contribution < 1.29 is 14.3 Å². The van der Waals surface area contributed by atoms with Crippen molar-refractivity contribution in [1.29, 1.82) is 5.26 Å². The molecule has 0 saturated carbocycles. The van der Waals surface area contributed by atoms with Gasteiger partial charge in [-0.1, -0.05) is 0 Å². The number of nitriles is 1. The van der Waals surface area contributed by atoms with Crippen molar-refractivity contribution in [3.8, 4) is 6.07 Å². The zero-order valence-electron chi connectivity index (χ0n) is 9.46. The maximum atomic E-state index is 12.9. The monoisotopic (exact) mass is 258 g/mol. The molecule has 94 valence electrons. The summed E-state index contributed by atoms with van der Waals surface area (Å²) in [6, 6.07) is 5.51. The van der Waals surface area contributed by atoms with E-state index in [4.69, 9.17) is 10.4 Å². The van der Waals surface area contributed by atoms with Gasteiger partial charge >= 0.3 is 5.97 Å². The van der Waals surface area contributed by atoms with E-state index in [1.54, 1.807) is 0 Å². The van der Waals surface area contributed by atoms with E-state index in [0.29, 0.717) is 5.69 Å². The normalized spacial score (nSPS) is 9.68. The van der Waals surface area contributed by atoms with Gasteiger partial charge in [-0.25, -0.2) is 19.2 Å². The number of aromatic carboxylic acids is 1. The average molecular weight is 258 g/mol. The number of carboxylic acids is 1. The number of hydrogen-bond donors (Lipinski definition) is 2. The number of aromatic nitrogens is 2. The summed E-state index contributed by atoms with van der Waals surface area (Å²) in [5.74, 6) is -1.44. The molecule has 0 spiro atoms. The fourth-order valence-corrected chi connectivity index (χ4v) is 1.36. The van der Waals surface area contributed by atoms with Crippen molar-refractivity contribution in [1.82, 2.24) is 9.97 Å². The van der Waals surface area contributed by atoms with Crippen LogP contribution in [0.15, 0.2) is 30.6 Å². The second-order valence-electron chi connectivity index (χ2n) is 3.52. The Bertz CT molecular complexity index is 664. The third-order valence-corrected chi connectivity index (χ3v) is 2.24. The molecule has 0 bridgehead atoms. The molecule has 2 aromatic rings. The Morgan fingerprint density at radius 2 is 2.16 bits per heavy atom. The largest absolute Gasteiger partial charge is 0.476 e. The number of anilines is 2. The molecule has 0 radical (unpaired) electrons. The minimum Gasteiger partial charge on any atom is -0.476 e. The summed E-state index contributed by atoms with van der Waals surface area (Å²) in [5, 5.41) is 20.3. The standard InChI is InChI=1S/C12H7FN4O2/c13-8-1-2-9(7(3-8)4-14)17-11-6-15-10(5-16-11)12(18)19/h1-3,5-6H,(H,16,17)(H,18,19). The van der Waals surface area contributed by atoms with Crippen molar-refractivity contribution in [2.75, 3.05) is 5.32 Å². The molecule has 6 nitrogen and oxygen atoms in total. The Kier molecular flexibility index (Phi) is 3.34. The van der Waals surface area contributed by atoms with Gasteiger partial charge in [-0.2, -0.15) is 5.26 Å². The third-order valence-electron chi connectivity index (χ3n) is 2.24. The predicted molar refractivity (Wildman–Crippen MR) is 63.4 cm³/mol. The smallest absolute Gasteiger partial charge is 0.356 e. The molecule has 1 aromatic heterocycles. The van der Waals surface area contributed by atoms with Gasteiger partial charge in [-0.3, -0.25) is 0 Å². The lowest BCUT2D eigenvalue weighted by Crippen LogP contribution is -2.03. The fourth-order valence-electron chi connectivity index (χ4n) is 1.36. The van der Waals surface area contributed by atoms with E-state index in [1.807, 2.05) is 6.07 Å². The van der Waals surface area contributed by atoms with Crippen LogP contribution in [0.3, 0.4) is 0 Å². The van der Waals surface area contributed by atoms with Crippen LogP contribution in [0.5, 0.6) is 0 Å². The summed E-state index contributed by atoms with van der Waals surface area (Å²) < 4.78 is 12.9. The summed E-state index contributed by atoms with van der Waals surface area (Å²) in [4.78, 5) is 18.1. The van der Waals surface area contributed by atoms with Gasteiger partial charge in [0.25, 0.3) is 0 Å². The van der Waals surface area contributed by atoms with E-state index < -0.39 is 11.8 Å². The van der Waals surface area contributed by atoms with Crippen molar-refractivity contribution in [2.45, 2.75) is 0 Å². The lowest BCUT2D eigenvalue weighted by Gasteiger charge is -2.06. The molecular weight excluding hydrogens is 251 g/mol. The van der Waals surface area contributed by atoms with Crippen LogP contribution < -0.4 is 5.32 Å². The van der Waals surface area contributed by atoms with Gasteiger partial charge in [0.15, 0.2) is 5.69 Å². The zero-order valence-corrected chi connectivity index (χ0v) is 9.46. The van der Waals surface area contributed by atoms with Gasteiger partial charge in [0.1, 0.15) is 17.7 Å². The van der Waals surface area contributed by atoms with Crippen molar-refractivity contribution in [3.63, 3.8) is 0 Å². The number of nitrogens with one attached hydrogen (secondary N) is 1. The highest BCUT2D eigenvalue weighted by molar-refractivity contribution is 5.85. The number of rotatable bonds is 3. The first-order chi connectivity index (χ1) is 9.10. The van der Waals surface area contributed by atoms with Crippen LogP contribution in [-0.4, -0.2) is 21.0 Å². The first-order valence-electron chi connectivity index (χ1n) is 5.12. The molecule has 0 aliphatic heterocycles. The van der Waals surface area contributed by atoms with Gasteiger partial charge in [0, 0.05) is 0 Å². The second-order valence-corrected chi connectivity index (χ2v) is 3.52. The quantitative estimate of drug-likeness (QED) is 0.872. The first-order valence-corrected chi connectivity index (χ1v) is 5.12. The second kappa shape index (κ2) is 5.10. The van der Waals surface area contributed by atoms with Gasteiger partial charge in [-0.05, 0) is 18.2 Å². The molecule has 0 fully saturated rings. The van der Waals surface area contributed by atoms with Crippen molar-refractivity contribution >= 4 is 17.5 Å². The number of benzene rings is 1.